The van der Waals surface area contributed by atoms with Gasteiger partial charge < -0.3 is 5.32 Å². The minimum atomic E-state index is -0.626. The summed E-state index contributed by atoms with van der Waals surface area (Å²) in [5, 5.41) is 17.9. The highest BCUT2D eigenvalue weighted by molar-refractivity contribution is 6.31. The van der Waals surface area contributed by atoms with Crippen LogP contribution in [0.1, 0.15) is 17.3 Å². The molecule has 0 fully saturated rings. The zero-order chi connectivity index (χ0) is 15.4. The van der Waals surface area contributed by atoms with E-state index in [1.54, 1.807) is 30.1 Å². The number of hydrogen-bond donors (Lipinski definition) is 1. The summed E-state index contributed by atoms with van der Waals surface area (Å²) in [6.07, 6.45) is 3.41. The third-order valence-corrected chi connectivity index (χ3v) is 3.03. The fourth-order valence-electron chi connectivity index (χ4n) is 1.88. The van der Waals surface area contributed by atoms with E-state index in [1.165, 1.54) is 12.1 Å². The van der Waals surface area contributed by atoms with Gasteiger partial charge in [-0.3, -0.25) is 19.6 Å². The number of amides is 1. The maximum absolute atomic E-state index is 12.1. The molecule has 0 spiro atoms. The summed E-state index contributed by atoms with van der Waals surface area (Å²) in [7, 11) is 0. The van der Waals surface area contributed by atoms with Gasteiger partial charge in [0.2, 0.25) is 0 Å². The molecule has 0 radical (unpaired) electrons. The first kappa shape index (κ1) is 15.0. The van der Waals surface area contributed by atoms with Crippen LogP contribution in [-0.2, 0) is 6.54 Å². The van der Waals surface area contributed by atoms with Crippen LogP contribution in [0.15, 0.2) is 36.7 Å². The lowest BCUT2D eigenvalue weighted by molar-refractivity contribution is -0.385. The number of aromatic nitrogens is 2. The van der Waals surface area contributed by atoms with Gasteiger partial charge in [0.05, 0.1) is 11.5 Å². The van der Waals surface area contributed by atoms with Gasteiger partial charge >= 0.3 is 0 Å². The van der Waals surface area contributed by atoms with Crippen LogP contribution in [-0.4, -0.2) is 26.7 Å². The number of carbonyl (C=O) groups is 1. The van der Waals surface area contributed by atoms with Crippen molar-refractivity contribution in [1.82, 2.24) is 15.1 Å². The van der Waals surface area contributed by atoms with Gasteiger partial charge in [-0.1, -0.05) is 11.6 Å². The van der Waals surface area contributed by atoms with E-state index in [1.807, 2.05) is 0 Å². The predicted molar refractivity (Wildman–Crippen MR) is 77.3 cm³/mol. The highest BCUT2D eigenvalue weighted by Gasteiger charge is 2.21. The first-order valence-corrected chi connectivity index (χ1v) is 6.57. The van der Waals surface area contributed by atoms with Crippen LogP contribution < -0.4 is 5.32 Å². The highest BCUT2D eigenvalue weighted by Crippen LogP contribution is 2.23. The second-order valence-electron chi connectivity index (χ2n) is 4.52. The molecule has 0 saturated carbocycles. The predicted octanol–water partition coefficient (Wildman–Crippen LogP) is 2.26. The van der Waals surface area contributed by atoms with E-state index in [2.05, 4.69) is 10.4 Å². The molecule has 0 aliphatic rings. The molecule has 0 bridgehead atoms. The summed E-state index contributed by atoms with van der Waals surface area (Å²) < 4.78 is 1.67. The molecule has 1 aromatic carbocycles. The first-order valence-electron chi connectivity index (χ1n) is 6.19. The van der Waals surface area contributed by atoms with Gasteiger partial charge in [-0.15, -0.1) is 0 Å². The minimum Gasteiger partial charge on any atom is -0.348 e. The molecule has 0 aliphatic heterocycles. The van der Waals surface area contributed by atoms with Gasteiger partial charge in [0.25, 0.3) is 11.6 Å². The third kappa shape index (κ3) is 3.79. The molecular weight excluding hydrogens is 296 g/mol. The van der Waals surface area contributed by atoms with Gasteiger partial charge in [0, 0.05) is 29.5 Å². The van der Waals surface area contributed by atoms with Crippen molar-refractivity contribution in [3.05, 3.63) is 57.4 Å². The fourth-order valence-corrected chi connectivity index (χ4v) is 2.05. The Morgan fingerprint density at radius 3 is 2.95 bits per heavy atom. The van der Waals surface area contributed by atoms with Crippen molar-refractivity contribution in [2.24, 2.45) is 0 Å². The summed E-state index contributed by atoms with van der Waals surface area (Å²) in [5.41, 5.74) is -0.331. The summed E-state index contributed by atoms with van der Waals surface area (Å²) in [4.78, 5) is 22.5. The summed E-state index contributed by atoms with van der Waals surface area (Å²) in [6.45, 7) is 2.27. The highest BCUT2D eigenvalue weighted by atomic mass is 35.5. The van der Waals surface area contributed by atoms with E-state index >= 15 is 0 Å². The van der Waals surface area contributed by atoms with E-state index < -0.39 is 10.8 Å². The first-order chi connectivity index (χ1) is 9.97. The van der Waals surface area contributed by atoms with Crippen molar-refractivity contribution < 1.29 is 9.72 Å². The lowest BCUT2D eigenvalue weighted by Gasteiger charge is -2.14. The zero-order valence-electron chi connectivity index (χ0n) is 11.2. The molecule has 1 unspecified atom stereocenters. The Hall–Kier alpha value is -2.41. The zero-order valence-corrected chi connectivity index (χ0v) is 11.9. The number of carbonyl (C=O) groups excluding carboxylic acids is 1. The Bertz CT molecular complexity index is 657. The quantitative estimate of drug-likeness (QED) is 0.677. The van der Waals surface area contributed by atoms with Crippen LogP contribution in [0.4, 0.5) is 5.69 Å². The molecule has 2 rings (SSSR count). The van der Waals surface area contributed by atoms with E-state index in [9.17, 15) is 14.9 Å². The number of benzene rings is 1. The van der Waals surface area contributed by atoms with Gasteiger partial charge in [-0.05, 0) is 25.1 Å². The molecule has 2 aromatic rings. The number of hydrogen-bond acceptors (Lipinski definition) is 4. The third-order valence-electron chi connectivity index (χ3n) is 2.80. The molecule has 8 heteroatoms. The van der Waals surface area contributed by atoms with Crippen molar-refractivity contribution in [3.63, 3.8) is 0 Å². The molecule has 7 nitrogen and oxygen atoms in total. The fraction of sp³-hybridized carbons (Fsp3) is 0.231. The summed E-state index contributed by atoms with van der Waals surface area (Å²) in [5.74, 6) is -0.516. The number of rotatable bonds is 5. The monoisotopic (exact) mass is 308 g/mol. The Balaban J connectivity index is 2.11. The van der Waals surface area contributed by atoms with Crippen LogP contribution >= 0.6 is 11.6 Å². The van der Waals surface area contributed by atoms with Gasteiger partial charge in [0.15, 0.2) is 0 Å². The summed E-state index contributed by atoms with van der Waals surface area (Å²) >= 11 is 5.72. The lowest BCUT2D eigenvalue weighted by atomic mass is 10.1. The van der Waals surface area contributed by atoms with Gasteiger partial charge in [-0.2, -0.15) is 5.10 Å². The van der Waals surface area contributed by atoms with E-state index in [0.29, 0.717) is 6.54 Å². The second kappa shape index (κ2) is 6.36. The molecule has 110 valence electrons. The summed E-state index contributed by atoms with van der Waals surface area (Å²) in [6, 6.07) is 5.50. The second-order valence-corrected chi connectivity index (χ2v) is 4.96. The minimum absolute atomic E-state index is 0.0169. The topological polar surface area (TPSA) is 90.1 Å². The molecule has 1 N–H and O–H groups in total. The molecule has 1 atom stereocenters. The van der Waals surface area contributed by atoms with Crippen molar-refractivity contribution >= 4 is 23.2 Å². The van der Waals surface area contributed by atoms with E-state index in [-0.39, 0.29) is 22.3 Å². The lowest BCUT2D eigenvalue weighted by Crippen LogP contribution is -2.36. The van der Waals surface area contributed by atoms with Crippen molar-refractivity contribution in [3.8, 4) is 0 Å². The Morgan fingerprint density at radius 2 is 2.33 bits per heavy atom. The number of halogens is 1. The molecule has 1 heterocycles. The maximum Gasteiger partial charge on any atom is 0.283 e. The number of nitrogens with one attached hydrogen (secondary N) is 1. The van der Waals surface area contributed by atoms with Crippen molar-refractivity contribution in [2.45, 2.75) is 19.5 Å². The molecular formula is C13H13ClN4O3. The number of nitrogens with zero attached hydrogens (tertiary/aromatic N) is 3. The number of nitro groups is 1. The average molecular weight is 309 g/mol. The normalized spacial score (nSPS) is 11.9. The Morgan fingerprint density at radius 1 is 1.57 bits per heavy atom. The van der Waals surface area contributed by atoms with Gasteiger partial charge in [0.1, 0.15) is 5.56 Å². The molecule has 0 saturated heterocycles. The molecule has 1 amide bonds. The Labute approximate surface area is 125 Å². The standard InChI is InChI=1S/C13H13ClN4O3/c1-9(8-17-6-2-5-15-17)16-13(19)11-4-3-10(14)7-12(11)18(20)21/h2-7,9H,8H2,1H3,(H,16,19). The molecule has 21 heavy (non-hydrogen) atoms. The largest absolute Gasteiger partial charge is 0.348 e. The van der Waals surface area contributed by atoms with E-state index in [0.717, 1.165) is 6.07 Å². The van der Waals surface area contributed by atoms with Gasteiger partial charge in [-0.25, -0.2) is 0 Å². The number of nitro benzene ring substituents is 1. The van der Waals surface area contributed by atoms with Crippen molar-refractivity contribution in [1.29, 1.82) is 0 Å². The van der Waals surface area contributed by atoms with E-state index in [4.69, 9.17) is 11.6 Å². The van der Waals surface area contributed by atoms with Crippen LogP contribution in [0.2, 0.25) is 5.02 Å². The average Bonchev–Trinajstić information content (AvgIpc) is 2.90. The maximum atomic E-state index is 12.1. The smallest absolute Gasteiger partial charge is 0.283 e. The van der Waals surface area contributed by atoms with Crippen LogP contribution in [0.5, 0.6) is 0 Å². The van der Waals surface area contributed by atoms with Crippen LogP contribution in [0.25, 0.3) is 0 Å². The molecule has 0 aliphatic carbocycles. The SMILES string of the molecule is CC(Cn1cccn1)NC(=O)c1ccc(Cl)cc1[N+](=O)[O-]. The van der Waals surface area contributed by atoms with Crippen LogP contribution in [0, 0.1) is 10.1 Å². The Kier molecular flexibility index (Phi) is 4.54. The van der Waals surface area contributed by atoms with Crippen molar-refractivity contribution in [2.75, 3.05) is 0 Å². The molecule has 1 aromatic heterocycles. The van der Waals surface area contributed by atoms with Crippen LogP contribution in [0.3, 0.4) is 0 Å².